The normalized spacial score (nSPS) is 26.1. The van der Waals surface area contributed by atoms with E-state index in [1.165, 1.54) is 0 Å². The van der Waals surface area contributed by atoms with Crippen molar-refractivity contribution in [2.45, 2.75) is 31.9 Å². The lowest BCUT2D eigenvalue weighted by Gasteiger charge is -2.24. The van der Waals surface area contributed by atoms with E-state index < -0.39 is 0 Å². The van der Waals surface area contributed by atoms with E-state index in [4.69, 9.17) is 33.7 Å². The average Bonchev–Trinajstić information content (AvgIpc) is 2.80. The highest BCUT2D eigenvalue weighted by Gasteiger charge is 2.32. The Morgan fingerprint density at radius 2 is 2.18 bits per heavy atom. The molecule has 0 spiro atoms. The van der Waals surface area contributed by atoms with Gasteiger partial charge in [0.1, 0.15) is 0 Å². The maximum absolute atomic E-state index is 6.30. The summed E-state index contributed by atoms with van der Waals surface area (Å²) in [5, 5.41) is 1.13. The van der Waals surface area contributed by atoms with Crippen molar-refractivity contribution in [3.63, 3.8) is 0 Å². The Morgan fingerprint density at radius 1 is 1.41 bits per heavy atom. The van der Waals surface area contributed by atoms with E-state index in [1.807, 2.05) is 12.1 Å². The molecule has 0 amide bonds. The Bertz CT molecular complexity index is 397. The fourth-order valence-corrected chi connectivity index (χ4v) is 2.77. The molecule has 1 aromatic rings. The first-order valence-corrected chi connectivity index (χ1v) is 6.71. The first-order valence-electron chi connectivity index (χ1n) is 5.95. The molecule has 1 aliphatic heterocycles. The van der Waals surface area contributed by atoms with E-state index in [0.29, 0.717) is 16.0 Å². The standard InChI is InChI=1S/C13H17Cl2NO/c1-2-12-9(5-6-17-12)13(16)8-3-4-10(14)11(15)7-8/h3-4,7,9,12-13H,2,5-6,16H2,1H3. The molecule has 2 nitrogen and oxygen atoms in total. The summed E-state index contributed by atoms with van der Waals surface area (Å²) in [4.78, 5) is 0. The largest absolute Gasteiger partial charge is 0.378 e. The molecule has 1 fully saturated rings. The summed E-state index contributed by atoms with van der Waals surface area (Å²) in [6.07, 6.45) is 2.28. The molecule has 0 radical (unpaired) electrons. The van der Waals surface area contributed by atoms with Crippen LogP contribution in [0.15, 0.2) is 18.2 Å². The van der Waals surface area contributed by atoms with Gasteiger partial charge < -0.3 is 10.5 Å². The fraction of sp³-hybridized carbons (Fsp3) is 0.538. The summed E-state index contributed by atoms with van der Waals surface area (Å²) in [6.45, 7) is 2.93. The summed E-state index contributed by atoms with van der Waals surface area (Å²) < 4.78 is 5.67. The van der Waals surface area contributed by atoms with E-state index in [1.54, 1.807) is 6.07 Å². The predicted octanol–water partition coefficient (Wildman–Crippen LogP) is 3.81. The average molecular weight is 274 g/mol. The van der Waals surface area contributed by atoms with Crippen molar-refractivity contribution in [3.8, 4) is 0 Å². The van der Waals surface area contributed by atoms with Gasteiger partial charge in [0.15, 0.2) is 0 Å². The van der Waals surface area contributed by atoms with Gasteiger partial charge in [-0.1, -0.05) is 36.2 Å². The second-order valence-electron chi connectivity index (χ2n) is 4.47. The molecule has 1 heterocycles. The summed E-state index contributed by atoms with van der Waals surface area (Å²) in [6, 6.07) is 5.58. The Kier molecular flexibility index (Phi) is 4.31. The second-order valence-corrected chi connectivity index (χ2v) is 5.28. The molecular formula is C13H17Cl2NO. The lowest BCUT2D eigenvalue weighted by molar-refractivity contribution is 0.0813. The van der Waals surface area contributed by atoms with Gasteiger partial charge in [-0.2, -0.15) is 0 Å². The monoisotopic (exact) mass is 273 g/mol. The maximum atomic E-state index is 6.30. The van der Waals surface area contributed by atoms with Gasteiger partial charge in [-0.15, -0.1) is 0 Å². The topological polar surface area (TPSA) is 35.2 Å². The van der Waals surface area contributed by atoms with Crippen molar-refractivity contribution in [2.24, 2.45) is 11.7 Å². The van der Waals surface area contributed by atoms with Gasteiger partial charge in [-0.05, 0) is 30.5 Å². The minimum absolute atomic E-state index is 0.0304. The molecule has 17 heavy (non-hydrogen) atoms. The summed E-state index contributed by atoms with van der Waals surface area (Å²) in [7, 11) is 0. The molecule has 1 aliphatic rings. The quantitative estimate of drug-likeness (QED) is 0.909. The number of nitrogens with two attached hydrogens (primary N) is 1. The fourth-order valence-electron chi connectivity index (χ4n) is 2.46. The molecule has 0 aromatic heterocycles. The number of ether oxygens (including phenoxy) is 1. The van der Waals surface area contributed by atoms with E-state index >= 15 is 0 Å². The molecule has 0 bridgehead atoms. The molecule has 0 saturated carbocycles. The van der Waals surface area contributed by atoms with Crippen LogP contribution in [0.2, 0.25) is 10.0 Å². The molecular weight excluding hydrogens is 257 g/mol. The molecule has 0 aliphatic carbocycles. The van der Waals surface area contributed by atoms with E-state index in [-0.39, 0.29) is 12.1 Å². The van der Waals surface area contributed by atoms with Crippen LogP contribution < -0.4 is 5.73 Å². The zero-order valence-corrected chi connectivity index (χ0v) is 11.3. The van der Waals surface area contributed by atoms with Gasteiger partial charge in [0.25, 0.3) is 0 Å². The number of halogens is 2. The minimum Gasteiger partial charge on any atom is -0.378 e. The van der Waals surface area contributed by atoms with Gasteiger partial charge >= 0.3 is 0 Å². The first kappa shape index (κ1) is 13.2. The number of hydrogen-bond donors (Lipinski definition) is 1. The zero-order chi connectivity index (χ0) is 12.4. The predicted molar refractivity (Wildman–Crippen MR) is 71.5 cm³/mol. The molecule has 3 atom stereocenters. The van der Waals surface area contributed by atoms with Crippen molar-refractivity contribution >= 4 is 23.2 Å². The second kappa shape index (κ2) is 5.57. The van der Waals surface area contributed by atoms with Crippen molar-refractivity contribution in [1.29, 1.82) is 0 Å². The van der Waals surface area contributed by atoms with E-state index in [9.17, 15) is 0 Å². The highest BCUT2D eigenvalue weighted by Crippen LogP contribution is 2.35. The van der Waals surface area contributed by atoms with Crippen LogP contribution in [0.25, 0.3) is 0 Å². The third kappa shape index (κ3) is 2.76. The van der Waals surface area contributed by atoms with Gasteiger partial charge in [0.05, 0.1) is 16.1 Å². The van der Waals surface area contributed by atoms with Crippen LogP contribution in [-0.2, 0) is 4.74 Å². The number of benzene rings is 1. The third-order valence-electron chi connectivity index (χ3n) is 3.45. The molecule has 1 aromatic carbocycles. The molecule has 94 valence electrons. The van der Waals surface area contributed by atoms with Crippen LogP contribution in [0.1, 0.15) is 31.4 Å². The van der Waals surface area contributed by atoms with Crippen LogP contribution in [0.4, 0.5) is 0 Å². The van der Waals surface area contributed by atoms with Gasteiger partial charge in [0.2, 0.25) is 0 Å². The SMILES string of the molecule is CCC1OCCC1C(N)c1ccc(Cl)c(Cl)c1. The smallest absolute Gasteiger partial charge is 0.0619 e. The Hall–Kier alpha value is -0.280. The zero-order valence-electron chi connectivity index (χ0n) is 9.83. The van der Waals surface area contributed by atoms with Crippen molar-refractivity contribution in [1.82, 2.24) is 0 Å². The lowest BCUT2D eigenvalue weighted by atomic mass is 9.87. The molecule has 2 rings (SSSR count). The Morgan fingerprint density at radius 3 is 2.82 bits per heavy atom. The number of hydrogen-bond acceptors (Lipinski definition) is 2. The molecule has 4 heteroatoms. The van der Waals surface area contributed by atoms with Crippen LogP contribution in [0, 0.1) is 5.92 Å². The van der Waals surface area contributed by atoms with Crippen molar-refractivity contribution in [2.75, 3.05) is 6.61 Å². The van der Waals surface area contributed by atoms with E-state index in [2.05, 4.69) is 6.92 Å². The first-order chi connectivity index (χ1) is 8.13. The van der Waals surface area contributed by atoms with Gasteiger partial charge in [0, 0.05) is 18.6 Å². The Balaban J connectivity index is 2.18. The van der Waals surface area contributed by atoms with Crippen molar-refractivity contribution < 1.29 is 4.74 Å². The summed E-state index contributed by atoms with van der Waals surface area (Å²) >= 11 is 11.9. The molecule has 2 N–H and O–H groups in total. The number of rotatable bonds is 3. The van der Waals surface area contributed by atoms with Crippen LogP contribution in [0.3, 0.4) is 0 Å². The van der Waals surface area contributed by atoms with Crippen molar-refractivity contribution in [3.05, 3.63) is 33.8 Å². The maximum Gasteiger partial charge on any atom is 0.0619 e. The summed E-state index contributed by atoms with van der Waals surface area (Å²) in [5.41, 5.74) is 7.34. The Labute approximate surface area is 112 Å². The van der Waals surface area contributed by atoms with Crippen LogP contribution in [0.5, 0.6) is 0 Å². The van der Waals surface area contributed by atoms with Gasteiger partial charge in [-0.25, -0.2) is 0 Å². The van der Waals surface area contributed by atoms with Crippen LogP contribution in [-0.4, -0.2) is 12.7 Å². The van der Waals surface area contributed by atoms with Gasteiger partial charge in [-0.3, -0.25) is 0 Å². The minimum atomic E-state index is -0.0304. The lowest BCUT2D eigenvalue weighted by Crippen LogP contribution is -2.27. The van der Waals surface area contributed by atoms with Crippen LogP contribution >= 0.6 is 23.2 Å². The third-order valence-corrected chi connectivity index (χ3v) is 4.19. The summed E-state index contributed by atoms with van der Waals surface area (Å²) in [5.74, 6) is 0.372. The highest BCUT2D eigenvalue weighted by atomic mass is 35.5. The highest BCUT2D eigenvalue weighted by molar-refractivity contribution is 6.42. The van der Waals surface area contributed by atoms with E-state index in [0.717, 1.165) is 25.0 Å². The molecule has 1 saturated heterocycles. The molecule has 3 unspecified atom stereocenters.